The van der Waals surface area contributed by atoms with Crippen molar-refractivity contribution in [2.45, 2.75) is 25.5 Å². The molecule has 1 atom stereocenters. The van der Waals surface area contributed by atoms with Crippen molar-refractivity contribution >= 4 is 42.8 Å². The maximum absolute atomic E-state index is 13.1. The number of hydrogen-bond acceptors (Lipinski definition) is 5. The molecule has 1 fully saturated rings. The standard InChI is InChI=1S/C13H13FN2O3S2/c1-7-3-4-8(2)12-11(7)15-13(20-12)16-6-9(5-10(16)17)21(14,18)19/h3-4,9H,5-6H2,1-2H3. The van der Waals surface area contributed by atoms with Gasteiger partial charge in [0.2, 0.25) is 5.91 Å². The molecule has 112 valence electrons. The highest BCUT2D eigenvalue weighted by Crippen LogP contribution is 2.35. The fourth-order valence-corrected chi connectivity index (χ4v) is 4.22. The van der Waals surface area contributed by atoms with Gasteiger partial charge < -0.3 is 0 Å². The van der Waals surface area contributed by atoms with Crippen LogP contribution in [0.15, 0.2) is 12.1 Å². The van der Waals surface area contributed by atoms with Crippen LogP contribution in [0.5, 0.6) is 0 Å². The third-order valence-corrected chi connectivity index (χ3v) is 5.98. The van der Waals surface area contributed by atoms with Gasteiger partial charge in [-0.2, -0.15) is 8.42 Å². The van der Waals surface area contributed by atoms with Crippen LogP contribution >= 0.6 is 11.3 Å². The number of halogens is 1. The average Bonchev–Trinajstić information content (AvgIpc) is 2.97. The van der Waals surface area contributed by atoms with E-state index >= 15 is 0 Å². The summed E-state index contributed by atoms with van der Waals surface area (Å²) in [6.45, 7) is 3.70. The summed E-state index contributed by atoms with van der Waals surface area (Å²) in [5.41, 5.74) is 2.83. The predicted molar refractivity (Wildman–Crippen MR) is 79.9 cm³/mol. The molecule has 0 N–H and O–H groups in total. The van der Waals surface area contributed by atoms with Gasteiger partial charge in [0.1, 0.15) is 5.25 Å². The van der Waals surface area contributed by atoms with Gasteiger partial charge in [-0.3, -0.25) is 9.69 Å². The molecule has 1 aliphatic heterocycles. The van der Waals surface area contributed by atoms with Gasteiger partial charge in [0.05, 0.1) is 10.2 Å². The number of amides is 1. The maximum Gasteiger partial charge on any atom is 0.307 e. The third-order valence-electron chi connectivity index (χ3n) is 3.65. The summed E-state index contributed by atoms with van der Waals surface area (Å²) in [7, 11) is -4.71. The quantitative estimate of drug-likeness (QED) is 0.794. The SMILES string of the molecule is Cc1ccc(C)c2sc(N3CC(S(=O)(=O)F)CC3=O)nc12. The molecule has 1 aromatic carbocycles. The summed E-state index contributed by atoms with van der Waals surface area (Å²) in [5.74, 6) is -0.407. The first-order chi connectivity index (χ1) is 9.77. The van der Waals surface area contributed by atoms with E-state index in [0.29, 0.717) is 5.13 Å². The Morgan fingerprint density at radius 3 is 2.57 bits per heavy atom. The van der Waals surface area contributed by atoms with Crippen molar-refractivity contribution in [1.82, 2.24) is 4.98 Å². The number of aromatic nitrogens is 1. The predicted octanol–water partition coefficient (Wildman–Crippen LogP) is 2.32. The zero-order chi connectivity index (χ0) is 15.4. The Bertz CT molecular complexity index is 805. The number of carbonyl (C=O) groups is 1. The van der Waals surface area contributed by atoms with Crippen LogP contribution in [-0.4, -0.2) is 31.1 Å². The van der Waals surface area contributed by atoms with Crippen LogP contribution in [-0.2, 0) is 15.0 Å². The molecule has 0 aliphatic carbocycles. The van der Waals surface area contributed by atoms with Crippen molar-refractivity contribution in [1.29, 1.82) is 0 Å². The number of benzene rings is 1. The van der Waals surface area contributed by atoms with Gasteiger partial charge in [-0.25, -0.2) is 4.98 Å². The van der Waals surface area contributed by atoms with Gasteiger partial charge in [0.15, 0.2) is 5.13 Å². The minimum absolute atomic E-state index is 0.171. The van der Waals surface area contributed by atoms with Crippen molar-refractivity contribution in [2.24, 2.45) is 0 Å². The minimum Gasteiger partial charge on any atom is -0.287 e. The van der Waals surface area contributed by atoms with Gasteiger partial charge in [-0.15, -0.1) is 3.89 Å². The summed E-state index contributed by atoms with van der Waals surface area (Å²) in [4.78, 5) is 17.6. The van der Waals surface area contributed by atoms with E-state index in [-0.39, 0.29) is 13.0 Å². The zero-order valence-corrected chi connectivity index (χ0v) is 13.1. The largest absolute Gasteiger partial charge is 0.307 e. The fourth-order valence-electron chi connectivity index (χ4n) is 2.41. The van der Waals surface area contributed by atoms with Crippen LogP contribution in [0.4, 0.5) is 9.02 Å². The Hall–Kier alpha value is -1.54. The highest BCUT2D eigenvalue weighted by atomic mass is 32.3. The molecule has 1 unspecified atom stereocenters. The normalized spacial score (nSPS) is 19.7. The number of carbonyl (C=O) groups excluding carboxylic acids is 1. The second-order valence-electron chi connectivity index (χ2n) is 5.18. The molecular formula is C13H13FN2O3S2. The summed E-state index contributed by atoms with van der Waals surface area (Å²) >= 11 is 1.33. The summed E-state index contributed by atoms with van der Waals surface area (Å²) < 4.78 is 36.0. The summed E-state index contributed by atoms with van der Waals surface area (Å²) in [5, 5.41) is -0.863. The lowest BCUT2D eigenvalue weighted by molar-refractivity contribution is -0.117. The number of aryl methyl sites for hydroxylation is 2. The van der Waals surface area contributed by atoms with E-state index in [1.165, 1.54) is 16.2 Å². The number of rotatable bonds is 2. The van der Waals surface area contributed by atoms with Crippen LogP contribution in [0.2, 0.25) is 0 Å². The molecule has 8 heteroatoms. The molecule has 1 aliphatic rings. The molecule has 1 saturated heterocycles. The van der Waals surface area contributed by atoms with Gasteiger partial charge >= 0.3 is 10.2 Å². The molecule has 1 amide bonds. The molecule has 0 saturated carbocycles. The van der Waals surface area contributed by atoms with E-state index in [1.807, 2.05) is 26.0 Å². The third kappa shape index (κ3) is 2.42. The molecule has 0 spiro atoms. The minimum atomic E-state index is -4.71. The Kier molecular flexibility index (Phi) is 3.25. The second kappa shape index (κ2) is 4.74. The zero-order valence-electron chi connectivity index (χ0n) is 11.5. The highest BCUT2D eigenvalue weighted by Gasteiger charge is 2.40. The Morgan fingerprint density at radius 2 is 2.00 bits per heavy atom. The molecule has 21 heavy (non-hydrogen) atoms. The van der Waals surface area contributed by atoms with Crippen molar-refractivity contribution in [3.8, 4) is 0 Å². The van der Waals surface area contributed by atoms with Gasteiger partial charge in [0.25, 0.3) is 0 Å². The molecular weight excluding hydrogens is 315 g/mol. The lowest BCUT2D eigenvalue weighted by Crippen LogP contribution is -2.26. The molecule has 5 nitrogen and oxygen atoms in total. The first-order valence-corrected chi connectivity index (χ1v) is 8.64. The monoisotopic (exact) mass is 328 g/mol. The molecule has 3 rings (SSSR count). The molecule has 0 radical (unpaired) electrons. The first-order valence-electron chi connectivity index (χ1n) is 6.38. The van der Waals surface area contributed by atoms with E-state index in [1.54, 1.807) is 0 Å². The number of anilines is 1. The van der Waals surface area contributed by atoms with E-state index in [4.69, 9.17) is 0 Å². The van der Waals surface area contributed by atoms with E-state index in [0.717, 1.165) is 21.3 Å². The van der Waals surface area contributed by atoms with Crippen molar-refractivity contribution in [3.63, 3.8) is 0 Å². The van der Waals surface area contributed by atoms with Gasteiger partial charge in [-0.1, -0.05) is 23.5 Å². The van der Waals surface area contributed by atoms with Crippen LogP contribution < -0.4 is 4.90 Å². The fraction of sp³-hybridized carbons (Fsp3) is 0.385. The first kappa shape index (κ1) is 14.4. The lowest BCUT2D eigenvalue weighted by atomic mass is 10.1. The van der Waals surface area contributed by atoms with Gasteiger partial charge in [-0.05, 0) is 25.0 Å². The van der Waals surface area contributed by atoms with Gasteiger partial charge in [0, 0.05) is 13.0 Å². The number of nitrogens with zero attached hydrogens (tertiary/aromatic N) is 2. The van der Waals surface area contributed by atoms with Crippen molar-refractivity contribution < 1.29 is 17.1 Å². The molecule has 2 heterocycles. The van der Waals surface area contributed by atoms with Crippen LogP contribution in [0.25, 0.3) is 10.2 Å². The Balaban J connectivity index is 2.04. The number of fused-ring (bicyclic) bond motifs is 1. The van der Waals surface area contributed by atoms with Crippen LogP contribution in [0, 0.1) is 13.8 Å². The molecule has 2 aromatic rings. The highest BCUT2D eigenvalue weighted by molar-refractivity contribution is 7.87. The van der Waals surface area contributed by atoms with Crippen LogP contribution in [0.3, 0.4) is 0 Å². The van der Waals surface area contributed by atoms with E-state index < -0.39 is 21.4 Å². The number of thiazole rings is 1. The topological polar surface area (TPSA) is 67.3 Å². The smallest absolute Gasteiger partial charge is 0.287 e. The van der Waals surface area contributed by atoms with E-state index in [2.05, 4.69) is 4.98 Å². The van der Waals surface area contributed by atoms with E-state index in [9.17, 15) is 17.1 Å². The lowest BCUT2D eigenvalue weighted by Gasteiger charge is -2.11. The Morgan fingerprint density at radius 1 is 1.33 bits per heavy atom. The molecule has 1 aromatic heterocycles. The van der Waals surface area contributed by atoms with Crippen molar-refractivity contribution in [3.05, 3.63) is 23.3 Å². The number of hydrogen-bond donors (Lipinski definition) is 0. The Labute approximate surface area is 125 Å². The van der Waals surface area contributed by atoms with Crippen LogP contribution in [0.1, 0.15) is 17.5 Å². The van der Waals surface area contributed by atoms with Crippen molar-refractivity contribution in [2.75, 3.05) is 11.4 Å². The maximum atomic E-state index is 13.1. The summed E-state index contributed by atoms with van der Waals surface area (Å²) in [6.07, 6.45) is -0.327. The molecule has 0 bridgehead atoms. The average molecular weight is 328 g/mol. The summed E-state index contributed by atoms with van der Waals surface area (Å²) in [6, 6.07) is 3.92. The second-order valence-corrected chi connectivity index (χ2v) is 7.77.